The molecule has 0 bridgehead atoms. The summed E-state index contributed by atoms with van der Waals surface area (Å²) in [5, 5.41) is 0. The van der Waals surface area contributed by atoms with Crippen LogP contribution in [0.1, 0.15) is 12.8 Å². The normalized spacial score (nSPS) is 28.2. The first kappa shape index (κ1) is 9.83. The molecule has 2 fully saturated rings. The Morgan fingerprint density at radius 1 is 1.29 bits per heavy atom. The van der Waals surface area contributed by atoms with Crippen molar-refractivity contribution < 1.29 is 13.6 Å². The van der Waals surface area contributed by atoms with Gasteiger partial charge in [-0.3, -0.25) is 9.69 Å². The van der Waals surface area contributed by atoms with Crippen LogP contribution < -0.4 is 0 Å². The van der Waals surface area contributed by atoms with E-state index < -0.39 is 12.3 Å². The van der Waals surface area contributed by atoms with Gasteiger partial charge < -0.3 is 4.90 Å². The predicted molar refractivity (Wildman–Crippen MR) is 47.2 cm³/mol. The van der Waals surface area contributed by atoms with Crippen molar-refractivity contribution in [2.75, 3.05) is 26.2 Å². The lowest BCUT2D eigenvalue weighted by Crippen LogP contribution is -2.53. The van der Waals surface area contributed by atoms with Crippen LogP contribution >= 0.6 is 0 Å². The van der Waals surface area contributed by atoms with Crippen LogP contribution in [0.15, 0.2) is 0 Å². The van der Waals surface area contributed by atoms with Gasteiger partial charge >= 0.3 is 6.43 Å². The Hall–Kier alpha value is -0.710. The number of carbonyl (C=O) groups excluding carboxylic acids is 1. The first-order chi connectivity index (χ1) is 6.68. The topological polar surface area (TPSA) is 23.6 Å². The molecular formula is C9H14F2N2O. The van der Waals surface area contributed by atoms with Gasteiger partial charge in [0.1, 0.15) is 0 Å². The number of hydrogen-bond donors (Lipinski definition) is 0. The molecule has 0 aromatic carbocycles. The molecule has 0 spiro atoms. The number of fused-ring (bicyclic) bond motifs is 1. The van der Waals surface area contributed by atoms with Gasteiger partial charge in [0.25, 0.3) is 5.91 Å². The minimum Gasteiger partial charge on any atom is -0.335 e. The van der Waals surface area contributed by atoms with Gasteiger partial charge in [0.2, 0.25) is 0 Å². The van der Waals surface area contributed by atoms with Crippen LogP contribution in [0, 0.1) is 0 Å². The molecule has 0 aromatic heterocycles. The summed E-state index contributed by atoms with van der Waals surface area (Å²) in [5.41, 5.74) is 0. The average Bonchev–Trinajstić information content (AvgIpc) is 2.62. The van der Waals surface area contributed by atoms with Gasteiger partial charge in [-0.25, -0.2) is 0 Å². The van der Waals surface area contributed by atoms with Gasteiger partial charge in [0.15, 0.2) is 0 Å². The summed E-state index contributed by atoms with van der Waals surface area (Å²) < 4.78 is 24.3. The fourth-order valence-electron chi connectivity index (χ4n) is 2.33. The van der Waals surface area contributed by atoms with Crippen LogP contribution in [0.25, 0.3) is 0 Å². The molecule has 0 saturated carbocycles. The summed E-state index contributed by atoms with van der Waals surface area (Å²) >= 11 is 0. The van der Waals surface area contributed by atoms with Crippen molar-refractivity contribution in [1.82, 2.24) is 9.80 Å². The van der Waals surface area contributed by atoms with E-state index >= 15 is 0 Å². The molecule has 2 aliphatic heterocycles. The highest BCUT2D eigenvalue weighted by atomic mass is 19.3. The van der Waals surface area contributed by atoms with Gasteiger partial charge in [-0.15, -0.1) is 0 Å². The van der Waals surface area contributed by atoms with Gasteiger partial charge in [-0.1, -0.05) is 0 Å². The average molecular weight is 204 g/mol. The highest BCUT2D eigenvalue weighted by molar-refractivity contribution is 5.79. The predicted octanol–water partition coefficient (Wildman–Crippen LogP) is 0.558. The van der Waals surface area contributed by atoms with Crippen LogP contribution in [0.3, 0.4) is 0 Å². The molecule has 14 heavy (non-hydrogen) atoms. The minimum absolute atomic E-state index is 0.325. The quantitative estimate of drug-likeness (QED) is 0.623. The molecule has 2 saturated heterocycles. The highest BCUT2D eigenvalue weighted by Crippen LogP contribution is 2.22. The van der Waals surface area contributed by atoms with Crippen LogP contribution in [-0.2, 0) is 4.79 Å². The van der Waals surface area contributed by atoms with Gasteiger partial charge in [0.05, 0.1) is 0 Å². The van der Waals surface area contributed by atoms with Crippen molar-refractivity contribution in [2.45, 2.75) is 25.3 Å². The number of rotatable bonds is 1. The van der Waals surface area contributed by atoms with Crippen molar-refractivity contribution in [3.05, 3.63) is 0 Å². The largest absolute Gasteiger partial charge is 0.335 e. The highest BCUT2D eigenvalue weighted by Gasteiger charge is 2.34. The van der Waals surface area contributed by atoms with E-state index in [2.05, 4.69) is 4.90 Å². The lowest BCUT2D eigenvalue weighted by molar-refractivity contribution is -0.145. The van der Waals surface area contributed by atoms with Gasteiger partial charge in [-0.2, -0.15) is 8.78 Å². The minimum atomic E-state index is -2.84. The van der Waals surface area contributed by atoms with E-state index in [1.165, 1.54) is 4.90 Å². The second-order valence-electron chi connectivity index (χ2n) is 3.92. The van der Waals surface area contributed by atoms with Crippen LogP contribution in [0.5, 0.6) is 0 Å². The Morgan fingerprint density at radius 2 is 2.07 bits per heavy atom. The number of hydrogen-bond acceptors (Lipinski definition) is 2. The lowest BCUT2D eigenvalue weighted by Gasteiger charge is -2.37. The summed E-state index contributed by atoms with van der Waals surface area (Å²) in [6, 6.07) is 0.325. The third-order valence-corrected chi connectivity index (χ3v) is 3.09. The number of carbonyl (C=O) groups is 1. The number of piperazine rings is 1. The van der Waals surface area contributed by atoms with Crippen LogP contribution in [0.2, 0.25) is 0 Å². The molecule has 0 aliphatic carbocycles. The first-order valence-corrected chi connectivity index (χ1v) is 4.99. The van der Waals surface area contributed by atoms with Crippen LogP contribution in [-0.4, -0.2) is 54.4 Å². The van der Waals surface area contributed by atoms with E-state index in [0.717, 1.165) is 25.9 Å². The molecule has 0 radical (unpaired) electrons. The van der Waals surface area contributed by atoms with Crippen molar-refractivity contribution in [1.29, 1.82) is 0 Å². The standard InChI is InChI=1S/C9H14F2N2O/c10-8(11)9(14)13-5-4-12-3-1-2-7(12)6-13/h7-8H,1-6H2/t7-/m0/s1. The van der Waals surface area contributed by atoms with Crippen molar-refractivity contribution in [3.8, 4) is 0 Å². The Morgan fingerprint density at radius 3 is 2.79 bits per heavy atom. The molecule has 1 atom stereocenters. The summed E-state index contributed by atoms with van der Waals surface area (Å²) in [6.45, 7) is 2.76. The van der Waals surface area contributed by atoms with E-state index in [1.54, 1.807) is 0 Å². The Balaban J connectivity index is 1.94. The summed E-state index contributed by atoms with van der Waals surface area (Å²) in [5.74, 6) is -1.00. The van der Waals surface area contributed by atoms with E-state index in [0.29, 0.717) is 19.1 Å². The molecule has 0 unspecified atom stereocenters. The molecular weight excluding hydrogens is 190 g/mol. The van der Waals surface area contributed by atoms with Crippen molar-refractivity contribution in [3.63, 3.8) is 0 Å². The third-order valence-electron chi connectivity index (χ3n) is 3.09. The summed E-state index contributed by atoms with van der Waals surface area (Å²) in [6.07, 6.45) is -0.683. The second kappa shape index (κ2) is 3.81. The maximum atomic E-state index is 12.2. The molecule has 0 N–H and O–H groups in total. The number of alkyl halides is 2. The molecule has 5 heteroatoms. The zero-order valence-corrected chi connectivity index (χ0v) is 7.96. The maximum absolute atomic E-state index is 12.2. The third kappa shape index (κ3) is 1.73. The van der Waals surface area contributed by atoms with E-state index in [1.807, 2.05) is 0 Å². The van der Waals surface area contributed by atoms with Crippen LogP contribution in [0.4, 0.5) is 8.78 Å². The first-order valence-electron chi connectivity index (χ1n) is 4.99. The number of amides is 1. The maximum Gasteiger partial charge on any atom is 0.315 e. The Labute approximate surface area is 81.7 Å². The number of halogens is 2. The molecule has 3 nitrogen and oxygen atoms in total. The zero-order chi connectivity index (χ0) is 10.1. The zero-order valence-electron chi connectivity index (χ0n) is 7.96. The SMILES string of the molecule is O=C(C(F)F)N1CCN2CCC[C@H]2C1. The van der Waals surface area contributed by atoms with E-state index in [4.69, 9.17) is 0 Å². The second-order valence-corrected chi connectivity index (χ2v) is 3.92. The molecule has 2 rings (SSSR count). The fraction of sp³-hybridized carbons (Fsp3) is 0.889. The van der Waals surface area contributed by atoms with Crippen molar-refractivity contribution in [2.24, 2.45) is 0 Å². The smallest absolute Gasteiger partial charge is 0.315 e. The van der Waals surface area contributed by atoms with Gasteiger partial charge in [0, 0.05) is 25.7 Å². The summed E-state index contributed by atoms with van der Waals surface area (Å²) in [4.78, 5) is 14.6. The molecule has 1 amide bonds. The van der Waals surface area contributed by atoms with Crippen molar-refractivity contribution >= 4 is 5.91 Å². The van der Waals surface area contributed by atoms with E-state index in [9.17, 15) is 13.6 Å². The molecule has 80 valence electrons. The number of nitrogens with zero attached hydrogens (tertiary/aromatic N) is 2. The van der Waals surface area contributed by atoms with Gasteiger partial charge in [-0.05, 0) is 19.4 Å². The molecule has 0 aromatic rings. The summed E-state index contributed by atoms with van der Waals surface area (Å²) in [7, 11) is 0. The molecule has 2 heterocycles. The molecule has 2 aliphatic rings. The fourth-order valence-corrected chi connectivity index (χ4v) is 2.33. The lowest BCUT2D eigenvalue weighted by atomic mass is 10.1. The Bertz CT molecular complexity index is 235. The van der Waals surface area contributed by atoms with E-state index in [-0.39, 0.29) is 0 Å². The Kier molecular flexibility index (Phi) is 2.67. The monoisotopic (exact) mass is 204 g/mol.